The maximum absolute atomic E-state index is 12.6. The first kappa shape index (κ1) is 22.4. The summed E-state index contributed by atoms with van der Waals surface area (Å²) < 4.78 is 8.46. The highest BCUT2D eigenvalue weighted by Crippen LogP contribution is 2.41. The monoisotopic (exact) mass is 459 g/mol. The molecule has 0 radical (unpaired) electrons. The average molecular weight is 460 g/mol. The van der Waals surface area contributed by atoms with Gasteiger partial charge in [0.25, 0.3) is 0 Å². The topological polar surface area (TPSA) is 71.8 Å². The summed E-state index contributed by atoms with van der Waals surface area (Å²) in [5, 5.41) is 1.40. The highest BCUT2D eigenvalue weighted by molar-refractivity contribution is 5.90. The molecule has 176 valence electrons. The first-order valence-electron chi connectivity index (χ1n) is 11.9. The highest BCUT2D eigenvalue weighted by atomic mass is 16.6. The number of benzene rings is 2. The van der Waals surface area contributed by atoms with Crippen molar-refractivity contribution in [3.05, 3.63) is 65.9 Å². The lowest BCUT2D eigenvalue weighted by Crippen LogP contribution is -2.46. The van der Waals surface area contributed by atoms with Crippen molar-refractivity contribution in [3.63, 3.8) is 0 Å². The van der Waals surface area contributed by atoms with Gasteiger partial charge >= 0.3 is 12.2 Å². The lowest BCUT2D eigenvalue weighted by Gasteiger charge is -2.37. The molecule has 34 heavy (non-hydrogen) atoms. The van der Waals surface area contributed by atoms with E-state index in [4.69, 9.17) is 14.3 Å². The van der Waals surface area contributed by atoms with Crippen LogP contribution in [0.5, 0.6) is 0 Å². The Balaban J connectivity index is 0.000000764. The molecular weight excluding hydrogens is 430 g/mol. The van der Waals surface area contributed by atoms with E-state index in [1.165, 1.54) is 34.9 Å². The summed E-state index contributed by atoms with van der Waals surface area (Å²) in [6, 6.07) is 17.2. The van der Waals surface area contributed by atoms with E-state index in [-0.39, 0.29) is 17.8 Å². The van der Waals surface area contributed by atoms with Gasteiger partial charge in [0.2, 0.25) is 0 Å². The van der Waals surface area contributed by atoms with Crippen molar-refractivity contribution in [3.8, 4) is 0 Å². The van der Waals surface area contributed by atoms with Crippen molar-refractivity contribution < 1.29 is 19.1 Å². The zero-order valence-corrected chi connectivity index (χ0v) is 19.4. The predicted molar refractivity (Wildman–Crippen MR) is 127 cm³/mol. The molecule has 0 bridgehead atoms. The van der Waals surface area contributed by atoms with Gasteiger partial charge in [-0.05, 0) is 43.0 Å². The number of nitrogens with zero attached hydrogens (tertiary/aromatic N) is 3. The molecule has 2 aromatic carbocycles. The van der Waals surface area contributed by atoms with Gasteiger partial charge in [0.15, 0.2) is 0 Å². The van der Waals surface area contributed by atoms with E-state index in [2.05, 4.69) is 40.8 Å². The molecule has 2 aliphatic heterocycles. The second-order valence-corrected chi connectivity index (χ2v) is 9.60. The van der Waals surface area contributed by atoms with Gasteiger partial charge in [-0.2, -0.15) is 9.59 Å². The number of piperidine rings is 1. The van der Waals surface area contributed by atoms with Gasteiger partial charge in [0, 0.05) is 55.8 Å². The maximum atomic E-state index is 12.6. The summed E-state index contributed by atoms with van der Waals surface area (Å²) in [5.41, 5.74) is 4.79. The summed E-state index contributed by atoms with van der Waals surface area (Å²) >= 11 is 0. The molecule has 6 rings (SSSR count). The molecule has 0 N–H and O–H groups in total. The molecule has 1 amide bonds. The van der Waals surface area contributed by atoms with Gasteiger partial charge in [0.05, 0.1) is 12.1 Å². The van der Waals surface area contributed by atoms with Gasteiger partial charge in [-0.3, -0.25) is 9.80 Å². The van der Waals surface area contributed by atoms with Crippen LogP contribution in [-0.2, 0) is 20.9 Å². The van der Waals surface area contributed by atoms with E-state index in [9.17, 15) is 4.79 Å². The normalized spacial score (nSPS) is 19.6. The van der Waals surface area contributed by atoms with Crippen LogP contribution in [0.2, 0.25) is 0 Å². The van der Waals surface area contributed by atoms with E-state index in [1.807, 2.05) is 30.3 Å². The third-order valence-electron chi connectivity index (χ3n) is 7.28. The molecule has 3 aromatic rings. The Kier molecular flexibility index (Phi) is 5.98. The molecule has 1 spiro atoms. The number of aryl methyl sites for hydroxylation is 1. The summed E-state index contributed by atoms with van der Waals surface area (Å²) in [6.45, 7) is 5.76. The van der Waals surface area contributed by atoms with Crippen LogP contribution < -0.4 is 4.90 Å². The number of carbonyl (C=O) groups is 1. The van der Waals surface area contributed by atoms with Crippen molar-refractivity contribution in [2.75, 3.05) is 24.5 Å². The van der Waals surface area contributed by atoms with E-state index in [0.717, 1.165) is 38.2 Å². The molecule has 0 atom stereocenters. The molecule has 2 saturated heterocycles. The van der Waals surface area contributed by atoms with Crippen molar-refractivity contribution in [1.29, 1.82) is 0 Å². The van der Waals surface area contributed by atoms with Crippen molar-refractivity contribution in [2.45, 2.75) is 50.8 Å². The number of aromatic nitrogens is 1. The van der Waals surface area contributed by atoms with Crippen LogP contribution >= 0.6 is 0 Å². The zero-order valence-electron chi connectivity index (χ0n) is 19.4. The fourth-order valence-corrected chi connectivity index (χ4v) is 5.38. The van der Waals surface area contributed by atoms with Crippen molar-refractivity contribution in [2.24, 2.45) is 0 Å². The Labute approximate surface area is 198 Å². The quantitative estimate of drug-likeness (QED) is 0.566. The van der Waals surface area contributed by atoms with Gasteiger partial charge in [0.1, 0.15) is 5.60 Å². The van der Waals surface area contributed by atoms with E-state index >= 15 is 0 Å². The van der Waals surface area contributed by atoms with E-state index < -0.39 is 0 Å². The number of rotatable bonds is 4. The zero-order chi connectivity index (χ0) is 23.7. The minimum absolute atomic E-state index is 0.206. The number of anilines is 1. The highest BCUT2D eigenvalue weighted by Gasteiger charge is 2.47. The molecule has 1 saturated carbocycles. The number of likely N-dealkylation sites (tertiary alicyclic amines) is 1. The van der Waals surface area contributed by atoms with Crippen LogP contribution in [-0.4, -0.2) is 46.9 Å². The number of hydrogen-bond acceptors (Lipinski definition) is 5. The van der Waals surface area contributed by atoms with Crippen LogP contribution in [0.4, 0.5) is 10.5 Å². The second kappa shape index (κ2) is 9.09. The third kappa shape index (κ3) is 4.25. The van der Waals surface area contributed by atoms with Crippen LogP contribution in [0, 0.1) is 6.92 Å². The first-order valence-corrected chi connectivity index (χ1v) is 11.9. The van der Waals surface area contributed by atoms with Crippen LogP contribution in [0.1, 0.15) is 42.9 Å². The van der Waals surface area contributed by atoms with Crippen molar-refractivity contribution >= 4 is 28.8 Å². The molecule has 1 aliphatic carbocycles. The number of amides is 1. The molecule has 7 heteroatoms. The summed E-state index contributed by atoms with van der Waals surface area (Å²) in [6.07, 6.45) is 6.82. The van der Waals surface area contributed by atoms with Crippen molar-refractivity contribution in [1.82, 2.24) is 9.47 Å². The standard InChI is InChI=1S/C26H29N3O2.CO2/c1-19-6-5-9-23-20(17-28(24(19)23)22-10-11-22)16-27-14-12-26(13-15-27)18-29(25(30)31-26)21-7-3-2-4-8-21;2-1-3/h2-9,17,22H,10-16,18H2,1H3;. The van der Waals surface area contributed by atoms with E-state index in [1.54, 1.807) is 4.90 Å². The number of para-hydroxylation sites is 2. The van der Waals surface area contributed by atoms with Gasteiger partial charge < -0.3 is 9.30 Å². The minimum Gasteiger partial charge on any atom is -0.441 e. The Bertz CT molecular complexity index is 1220. The molecule has 3 fully saturated rings. The largest absolute Gasteiger partial charge is 0.441 e. The number of ether oxygens (including phenoxy) is 1. The first-order chi connectivity index (χ1) is 16.5. The Hall–Kier alpha value is -3.41. The SMILES string of the molecule is Cc1cccc2c(CN3CCC4(CC3)CN(c3ccccc3)C(=O)O4)cn(C3CC3)c12.O=C=O. The van der Waals surface area contributed by atoms with Gasteiger partial charge in [-0.1, -0.05) is 36.4 Å². The molecule has 3 aliphatic rings. The fraction of sp³-hybridized carbons (Fsp3) is 0.407. The Morgan fingerprint density at radius 2 is 1.74 bits per heavy atom. The third-order valence-corrected chi connectivity index (χ3v) is 7.28. The van der Waals surface area contributed by atoms with Gasteiger partial charge in [-0.15, -0.1) is 0 Å². The van der Waals surface area contributed by atoms with Crippen LogP contribution in [0.3, 0.4) is 0 Å². The lowest BCUT2D eigenvalue weighted by atomic mass is 9.91. The molecule has 7 nitrogen and oxygen atoms in total. The van der Waals surface area contributed by atoms with Crippen LogP contribution in [0.25, 0.3) is 10.9 Å². The molecular formula is C27H29N3O4. The summed E-state index contributed by atoms with van der Waals surface area (Å²) in [5.74, 6) is 0. The Morgan fingerprint density at radius 3 is 2.41 bits per heavy atom. The smallest absolute Gasteiger partial charge is 0.415 e. The Morgan fingerprint density at radius 1 is 1.03 bits per heavy atom. The van der Waals surface area contributed by atoms with Crippen LogP contribution in [0.15, 0.2) is 54.7 Å². The molecule has 3 heterocycles. The number of hydrogen-bond donors (Lipinski definition) is 0. The maximum Gasteiger partial charge on any atom is 0.415 e. The molecule has 0 unspecified atom stereocenters. The lowest BCUT2D eigenvalue weighted by molar-refractivity contribution is -0.191. The summed E-state index contributed by atoms with van der Waals surface area (Å²) in [7, 11) is 0. The number of carbonyl (C=O) groups excluding carboxylic acids is 3. The summed E-state index contributed by atoms with van der Waals surface area (Å²) in [4.78, 5) is 33.1. The van der Waals surface area contributed by atoms with E-state index in [0.29, 0.717) is 12.6 Å². The second-order valence-electron chi connectivity index (χ2n) is 9.60. The minimum atomic E-state index is -0.345. The fourth-order valence-electron chi connectivity index (χ4n) is 5.38. The molecule has 1 aromatic heterocycles. The number of fused-ring (bicyclic) bond motifs is 1. The average Bonchev–Trinajstić information content (AvgIpc) is 3.55. The van der Waals surface area contributed by atoms with Gasteiger partial charge in [-0.25, -0.2) is 4.79 Å². The predicted octanol–water partition coefficient (Wildman–Crippen LogP) is 4.69.